The number of likely N-dealkylation sites (tertiary alicyclic amines) is 2. The van der Waals surface area contributed by atoms with Gasteiger partial charge in [-0.15, -0.1) is 0 Å². The van der Waals surface area contributed by atoms with E-state index in [1.165, 1.54) is 0 Å². The van der Waals surface area contributed by atoms with Crippen LogP contribution in [-0.4, -0.2) is 77.7 Å². The maximum atomic E-state index is 13.3. The molecule has 1 aromatic carbocycles. The first-order chi connectivity index (χ1) is 16.6. The number of piperidine rings is 2. The van der Waals surface area contributed by atoms with Crippen LogP contribution in [-0.2, 0) is 4.79 Å². The summed E-state index contributed by atoms with van der Waals surface area (Å²) < 4.78 is 5.22. The smallest absolute Gasteiger partial charge is 0.271 e. The molecule has 0 saturated carbocycles. The number of benzene rings is 1. The highest BCUT2D eigenvalue weighted by atomic mass is 16.5. The van der Waals surface area contributed by atoms with Gasteiger partial charge in [-0.3, -0.25) is 14.7 Å². The van der Waals surface area contributed by atoms with E-state index in [1.807, 2.05) is 40.1 Å². The molecule has 3 aliphatic rings. The second-order valence-electron chi connectivity index (χ2n) is 9.96. The van der Waals surface area contributed by atoms with Crippen molar-refractivity contribution in [1.29, 1.82) is 0 Å². The number of aromatic amines is 1. The van der Waals surface area contributed by atoms with Crippen molar-refractivity contribution in [3.05, 3.63) is 36.0 Å². The molecule has 0 aliphatic carbocycles. The quantitative estimate of drug-likeness (QED) is 0.656. The molecule has 3 aliphatic heterocycles. The van der Waals surface area contributed by atoms with E-state index in [9.17, 15) is 9.59 Å². The highest BCUT2D eigenvalue weighted by Crippen LogP contribution is 2.31. The van der Waals surface area contributed by atoms with E-state index >= 15 is 0 Å². The predicted molar refractivity (Wildman–Crippen MR) is 130 cm³/mol. The standard InChI is InChI=1S/C26H35N5O3/c1-34-21-9-7-19(8-10-21)23-14-24(29-28-23)26(33)31-16-18-13-20(17-31)22(27-15-18)5-4-6-25(32)30-11-2-3-12-30/h7-10,14,18,20,22,27H,2-6,11-13,15-17H2,1H3,(H,28,29)/t18-,20+,22+/m0/s1. The number of aromatic nitrogens is 2. The van der Waals surface area contributed by atoms with E-state index in [0.717, 1.165) is 81.8 Å². The van der Waals surface area contributed by atoms with E-state index in [2.05, 4.69) is 15.5 Å². The third-order valence-electron chi connectivity index (χ3n) is 7.65. The maximum absolute atomic E-state index is 13.3. The fourth-order valence-electron chi connectivity index (χ4n) is 5.78. The number of nitrogens with one attached hydrogen (secondary N) is 2. The molecular formula is C26H35N5O3. The summed E-state index contributed by atoms with van der Waals surface area (Å²) in [5.41, 5.74) is 2.23. The van der Waals surface area contributed by atoms with Crippen LogP contribution in [0.2, 0.25) is 0 Å². The van der Waals surface area contributed by atoms with Crippen molar-refractivity contribution in [2.24, 2.45) is 11.8 Å². The van der Waals surface area contributed by atoms with Crippen LogP contribution in [0.25, 0.3) is 11.3 Å². The fourth-order valence-corrected chi connectivity index (χ4v) is 5.78. The SMILES string of the molecule is COc1ccc(-c2cc(C(=O)N3C[C@@H]4CN[C@H](CCCC(=O)N5CCCC5)[C@H](C4)C3)[nH]n2)cc1. The molecule has 3 saturated heterocycles. The van der Waals surface area contributed by atoms with E-state index in [-0.39, 0.29) is 5.91 Å². The van der Waals surface area contributed by atoms with Crippen LogP contribution >= 0.6 is 0 Å². The summed E-state index contributed by atoms with van der Waals surface area (Å²) >= 11 is 0. The zero-order chi connectivity index (χ0) is 23.5. The van der Waals surface area contributed by atoms with Gasteiger partial charge in [0.25, 0.3) is 5.91 Å². The number of nitrogens with zero attached hydrogens (tertiary/aromatic N) is 3. The van der Waals surface area contributed by atoms with Crippen LogP contribution in [0.3, 0.4) is 0 Å². The van der Waals surface area contributed by atoms with Gasteiger partial charge < -0.3 is 19.9 Å². The molecule has 3 atom stereocenters. The Balaban J connectivity index is 1.17. The predicted octanol–water partition coefficient (Wildman–Crippen LogP) is 2.93. The summed E-state index contributed by atoms with van der Waals surface area (Å²) in [7, 11) is 1.64. The molecule has 5 rings (SSSR count). The Kier molecular flexibility index (Phi) is 6.85. The average Bonchev–Trinajstić information content (AvgIpc) is 3.58. The monoisotopic (exact) mass is 465 g/mol. The topological polar surface area (TPSA) is 90.6 Å². The number of hydrogen-bond donors (Lipinski definition) is 2. The number of amides is 2. The molecule has 34 heavy (non-hydrogen) atoms. The number of carbonyl (C=O) groups excluding carboxylic acids is 2. The van der Waals surface area contributed by atoms with Crippen molar-refractivity contribution in [3.63, 3.8) is 0 Å². The summed E-state index contributed by atoms with van der Waals surface area (Å²) in [4.78, 5) is 29.7. The van der Waals surface area contributed by atoms with Crippen molar-refractivity contribution in [2.75, 3.05) is 39.8 Å². The van der Waals surface area contributed by atoms with Crippen molar-refractivity contribution in [2.45, 2.75) is 44.6 Å². The van der Waals surface area contributed by atoms with E-state index < -0.39 is 0 Å². The number of ether oxygens (including phenoxy) is 1. The molecule has 8 heteroatoms. The Morgan fingerprint density at radius 2 is 1.91 bits per heavy atom. The first-order valence-corrected chi connectivity index (χ1v) is 12.6. The average molecular weight is 466 g/mol. The zero-order valence-electron chi connectivity index (χ0n) is 20.0. The van der Waals surface area contributed by atoms with Crippen molar-refractivity contribution >= 4 is 11.8 Å². The highest BCUT2D eigenvalue weighted by Gasteiger charge is 2.38. The Hall–Kier alpha value is -2.87. The Morgan fingerprint density at radius 1 is 1.12 bits per heavy atom. The molecule has 2 bridgehead atoms. The van der Waals surface area contributed by atoms with E-state index in [0.29, 0.717) is 35.9 Å². The zero-order valence-corrected chi connectivity index (χ0v) is 20.0. The van der Waals surface area contributed by atoms with Crippen molar-refractivity contribution in [1.82, 2.24) is 25.3 Å². The van der Waals surface area contributed by atoms with Gasteiger partial charge in [0, 0.05) is 44.2 Å². The first kappa shape index (κ1) is 22.9. The van der Waals surface area contributed by atoms with Gasteiger partial charge in [-0.05, 0) is 80.8 Å². The van der Waals surface area contributed by atoms with E-state index in [1.54, 1.807) is 7.11 Å². The fraction of sp³-hybridized carbons (Fsp3) is 0.577. The second-order valence-corrected chi connectivity index (χ2v) is 9.96. The minimum absolute atomic E-state index is 0.0202. The molecule has 1 aromatic heterocycles. The highest BCUT2D eigenvalue weighted by molar-refractivity contribution is 5.93. The minimum atomic E-state index is 0.0202. The molecule has 2 amide bonds. The van der Waals surface area contributed by atoms with E-state index in [4.69, 9.17) is 4.74 Å². The number of hydrogen-bond acceptors (Lipinski definition) is 5. The molecule has 8 nitrogen and oxygen atoms in total. The first-order valence-electron chi connectivity index (χ1n) is 12.6. The molecule has 4 heterocycles. The second kappa shape index (κ2) is 10.2. The summed E-state index contributed by atoms with van der Waals surface area (Å²) in [5.74, 6) is 2.03. The lowest BCUT2D eigenvalue weighted by Crippen LogP contribution is -2.57. The van der Waals surface area contributed by atoms with Gasteiger partial charge in [-0.25, -0.2) is 0 Å². The summed E-state index contributed by atoms with van der Waals surface area (Å²) in [6.45, 7) is 4.32. The number of methoxy groups -OCH3 is 1. The third-order valence-corrected chi connectivity index (χ3v) is 7.65. The molecule has 3 fully saturated rings. The molecule has 0 radical (unpaired) electrons. The number of carbonyl (C=O) groups is 2. The van der Waals surface area contributed by atoms with Crippen molar-refractivity contribution in [3.8, 4) is 17.0 Å². The molecular weight excluding hydrogens is 430 g/mol. The number of H-pyrrole nitrogens is 1. The largest absolute Gasteiger partial charge is 0.497 e. The lowest BCUT2D eigenvalue weighted by molar-refractivity contribution is -0.130. The Labute approximate surface area is 201 Å². The maximum Gasteiger partial charge on any atom is 0.271 e. The van der Waals surface area contributed by atoms with Crippen LogP contribution in [0.15, 0.2) is 30.3 Å². The third kappa shape index (κ3) is 4.97. The van der Waals surface area contributed by atoms with Gasteiger partial charge in [0.05, 0.1) is 12.8 Å². The Bertz CT molecular complexity index is 998. The van der Waals surface area contributed by atoms with Gasteiger partial charge in [-0.2, -0.15) is 5.10 Å². The number of fused-ring (bicyclic) bond motifs is 2. The van der Waals surface area contributed by atoms with Gasteiger partial charge in [0.2, 0.25) is 5.91 Å². The van der Waals surface area contributed by atoms with Crippen LogP contribution in [0.1, 0.15) is 49.0 Å². The molecule has 0 spiro atoms. The van der Waals surface area contributed by atoms with Gasteiger partial charge >= 0.3 is 0 Å². The van der Waals surface area contributed by atoms with Crippen LogP contribution in [0, 0.1) is 11.8 Å². The molecule has 182 valence electrons. The lowest BCUT2D eigenvalue weighted by Gasteiger charge is -2.46. The summed E-state index contributed by atoms with van der Waals surface area (Å²) in [6, 6.07) is 9.88. The van der Waals surface area contributed by atoms with Crippen LogP contribution < -0.4 is 10.1 Å². The van der Waals surface area contributed by atoms with Gasteiger partial charge in [0.1, 0.15) is 11.4 Å². The van der Waals surface area contributed by atoms with Crippen LogP contribution in [0.5, 0.6) is 5.75 Å². The number of rotatable bonds is 7. The Morgan fingerprint density at radius 3 is 2.68 bits per heavy atom. The van der Waals surface area contributed by atoms with Crippen molar-refractivity contribution < 1.29 is 14.3 Å². The normalized spacial score (nSPS) is 24.3. The molecule has 0 unspecified atom stereocenters. The lowest BCUT2D eigenvalue weighted by atomic mass is 9.79. The van der Waals surface area contributed by atoms with Gasteiger partial charge in [-0.1, -0.05) is 0 Å². The summed E-state index contributed by atoms with van der Waals surface area (Å²) in [5, 5.41) is 11.0. The van der Waals surface area contributed by atoms with Crippen LogP contribution in [0.4, 0.5) is 0 Å². The molecule has 2 aromatic rings. The molecule has 2 N–H and O–H groups in total. The van der Waals surface area contributed by atoms with Gasteiger partial charge in [0.15, 0.2) is 0 Å². The minimum Gasteiger partial charge on any atom is -0.497 e. The summed E-state index contributed by atoms with van der Waals surface area (Å²) in [6.07, 6.45) is 5.97.